The molecule has 4 heteroatoms. The van der Waals surface area contributed by atoms with Crippen LogP contribution in [-0.2, 0) is 0 Å². The summed E-state index contributed by atoms with van der Waals surface area (Å²) in [6.45, 7) is 0. The Morgan fingerprint density at radius 2 is 1.35 bits per heavy atom. The van der Waals surface area contributed by atoms with Crippen LogP contribution < -0.4 is 9.80 Å². The van der Waals surface area contributed by atoms with E-state index in [0.717, 1.165) is 11.4 Å². The first-order valence-corrected chi connectivity index (χ1v) is 6.33. The Kier molecular flexibility index (Phi) is 3.94. The predicted molar refractivity (Wildman–Crippen MR) is 81.6 cm³/mol. The Bertz CT molecular complexity index is 589. The Morgan fingerprint density at radius 3 is 1.85 bits per heavy atom. The molecule has 20 heavy (non-hydrogen) atoms. The van der Waals surface area contributed by atoms with E-state index in [1.807, 2.05) is 43.3 Å². The minimum absolute atomic E-state index is 0.0824. The zero-order valence-corrected chi connectivity index (χ0v) is 11.9. The third kappa shape index (κ3) is 2.91. The van der Waals surface area contributed by atoms with Gasteiger partial charge in [-0.3, -0.25) is 4.79 Å². The first kappa shape index (κ1) is 13.9. The normalized spacial score (nSPS) is 10.2. The maximum atomic E-state index is 12.4. The number of carbonyl (C=O) groups is 1. The van der Waals surface area contributed by atoms with E-state index in [9.17, 15) is 9.90 Å². The summed E-state index contributed by atoms with van der Waals surface area (Å²) in [4.78, 5) is 15.9. The molecule has 0 radical (unpaired) electrons. The van der Waals surface area contributed by atoms with Crippen LogP contribution in [0, 0.1) is 0 Å². The van der Waals surface area contributed by atoms with E-state index in [4.69, 9.17) is 0 Å². The molecule has 2 aromatic rings. The number of phenols is 1. The highest BCUT2D eigenvalue weighted by Gasteiger charge is 2.13. The van der Waals surface area contributed by atoms with Crippen LogP contribution in [0.5, 0.6) is 5.75 Å². The van der Waals surface area contributed by atoms with Crippen LogP contribution in [0.2, 0.25) is 0 Å². The zero-order valence-electron chi connectivity index (χ0n) is 11.9. The quantitative estimate of drug-likeness (QED) is 0.932. The molecule has 2 aromatic carbocycles. The largest absolute Gasteiger partial charge is 0.508 e. The molecule has 0 aliphatic carbocycles. The Morgan fingerprint density at radius 1 is 0.850 bits per heavy atom. The van der Waals surface area contributed by atoms with E-state index in [1.165, 1.54) is 0 Å². The summed E-state index contributed by atoms with van der Waals surface area (Å²) in [5.74, 6) is 0.103. The number of benzene rings is 2. The lowest BCUT2D eigenvalue weighted by molar-refractivity contribution is 0.0993. The van der Waals surface area contributed by atoms with Gasteiger partial charge < -0.3 is 14.9 Å². The average molecular weight is 270 g/mol. The number of amides is 1. The monoisotopic (exact) mass is 270 g/mol. The molecule has 0 heterocycles. The van der Waals surface area contributed by atoms with Gasteiger partial charge >= 0.3 is 0 Å². The van der Waals surface area contributed by atoms with Crippen molar-refractivity contribution < 1.29 is 9.90 Å². The first-order chi connectivity index (χ1) is 9.49. The average Bonchev–Trinajstić information content (AvgIpc) is 2.46. The van der Waals surface area contributed by atoms with Crippen LogP contribution in [0.15, 0.2) is 48.5 Å². The summed E-state index contributed by atoms with van der Waals surface area (Å²) in [5, 5.41) is 9.27. The molecule has 1 N–H and O–H groups in total. The molecule has 0 saturated heterocycles. The SMILES string of the molecule is CN(C)c1ccc(C(=O)N(C)c2ccc(O)cc2)cc1. The van der Waals surface area contributed by atoms with Gasteiger partial charge in [0.05, 0.1) is 0 Å². The summed E-state index contributed by atoms with van der Waals surface area (Å²) in [7, 11) is 5.63. The smallest absolute Gasteiger partial charge is 0.258 e. The summed E-state index contributed by atoms with van der Waals surface area (Å²) in [5.41, 5.74) is 2.42. The second kappa shape index (κ2) is 5.65. The lowest BCUT2D eigenvalue weighted by Gasteiger charge is -2.18. The van der Waals surface area contributed by atoms with Gasteiger partial charge in [-0.1, -0.05) is 0 Å². The molecule has 0 spiro atoms. The van der Waals surface area contributed by atoms with Gasteiger partial charge in [-0.2, -0.15) is 0 Å². The molecular formula is C16H18N2O2. The number of hydrogen-bond donors (Lipinski definition) is 1. The van der Waals surface area contributed by atoms with Gasteiger partial charge in [0.15, 0.2) is 0 Å². The first-order valence-electron chi connectivity index (χ1n) is 6.33. The van der Waals surface area contributed by atoms with E-state index in [1.54, 1.807) is 36.2 Å². The number of aromatic hydroxyl groups is 1. The zero-order chi connectivity index (χ0) is 14.7. The summed E-state index contributed by atoms with van der Waals surface area (Å²) >= 11 is 0. The Hall–Kier alpha value is -2.49. The van der Waals surface area contributed by atoms with Crippen LogP contribution in [0.4, 0.5) is 11.4 Å². The second-order valence-corrected chi connectivity index (χ2v) is 4.82. The topological polar surface area (TPSA) is 43.8 Å². The summed E-state index contributed by atoms with van der Waals surface area (Å²) in [6.07, 6.45) is 0. The van der Waals surface area contributed by atoms with Gasteiger partial charge in [-0.25, -0.2) is 0 Å². The molecule has 0 aliphatic heterocycles. The van der Waals surface area contributed by atoms with Gasteiger partial charge in [-0.05, 0) is 48.5 Å². The van der Waals surface area contributed by atoms with Crippen molar-refractivity contribution in [1.82, 2.24) is 0 Å². The fourth-order valence-electron chi connectivity index (χ4n) is 1.89. The molecule has 0 atom stereocenters. The maximum absolute atomic E-state index is 12.4. The van der Waals surface area contributed by atoms with Crippen molar-refractivity contribution >= 4 is 17.3 Å². The molecule has 0 bridgehead atoms. The number of anilines is 2. The predicted octanol–water partition coefficient (Wildman–Crippen LogP) is 2.73. The Balaban J connectivity index is 2.20. The summed E-state index contributed by atoms with van der Waals surface area (Å²) < 4.78 is 0. The van der Waals surface area contributed by atoms with Crippen molar-refractivity contribution in [3.05, 3.63) is 54.1 Å². The highest BCUT2D eigenvalue weighted by atomic mass is 16.3. The van der Waals surface area contributed by atoms with Gasteiger partial charge in [0, 0.05) is 38.1 Å². The Labute approximate surface area is 118 Å². The third-order valence-corrected chi connectivity index (χ3v) is 3.17. The molecule has 104 valence electrons. The fourth-order valence-corrected chi connectivity index (χ4v) is 1.89. The van der Waals surface area contributed by atoms with Crippen LogP contribution >= 0.6 is 0 Å². The van der Waals surface area contributed by atoms with Crippen LogP contribution in [0.3, 0.4) is 0 Å². The van der Waals surface area contributed by atoms with E-state index in [2.05, 4.69) is 0 Å². The molecule has 0 aliphatic rings. The highest BCUT2D eigenvalue weighted by molar-refractivity contribution is 6.05. The van der Waals surface area contributed by atoms with Crippen molar-refractivity contribution in [3.8, 4) is 5.75 Å². The van der Waals surface area contributed by atoms with Gasteiger partial charge in [0.25, 0.3) is 5.91 Å². The summed E-state index contributed by atoms with van der Waals surface area (Å²) in [6, 6.07) is 14.0. The molecule has 1 amide bonds. The van der Waals surface area contributed by atoms with Crippen LogP contribution in [0.1, 0.15) is 10.4 Å². The molecular weight excluding hydrogens is 252 g/mol. The number of rotatable bonds is 3. The molecule has 0 unspecified atom stereocenters. The van der Waals surface area contributed by atoms with Crippen molar-refractivity contribution in [2.75, 3.05) is 30.9 Å². The molecule has 2 rings (SSSR count). The lowest BCUT2D eigenvalue weighted by atomic mass is 10.1. The molecule has 0 aromatic heterocycles. The standard InChI is InChI=1S/C16H18N2O2/c1-17(2)13-6-4-12(5-7-13)16(20)18(3)14-8-10-15(19)11-9-14/h4-11,19H,1-3H3. The van der Waals surface area contributed by atoms with Crippen molar-refractivity contribution in [3.63, 3.8) is 0 Å². The van der Waals surface area contributed by atoms with Crippen molar-refractivity contribution in [2.45, 2.75) is 0 Å². The molecule has 4 nitrogen and oxygen atoms in total. The van der Waals surface area contributed by atoms with Crippen LogP contribution in [0.25, 0.3) is 0 Å². The van der Waals surface area contributed by atoms with E-state index in [-0.39, 0.29) is 11.7 Å². The number of nitrogens with zero attached hydrogens (tertiary/aromatic N) is 2. The second-order valence-electron chi connectivity index (χ2n) is 4.82. The van der Waals surface area contributed by atoms with Gasteiger partial charge in [0.1, 0.15) is 5.75 Å². The fraction of sp³-hybridized carbons (Fsp3) is 0.188. The maximum Gasteiger partial charge on any atom is 0.258 e. The molecule has 0 fully saturated rings. The van der Waals surface area contributed by atoms with E-state index < -0.39 is 0 Å². The van der Waals surface area contributed by atoms with Crippen molar-refractivity contribution in [1.29, 1.82) is 0 Å². The highest BCUT2D eigenvalue weighted by Crippen LogP contribution is 2.20. The van der Waals surface area contributed by atoms with Gasteiger partial charge in [0.2, 0.25) is 0 Å². The molecule has 0 saturated carbocycles. The minimum Gasteiger partial charge on any atom is -0.508 e. The van der Waals surface area contributed by atoms with E-state index in [0.29, 0.717) is 5.56 Å². The number of hydrogen-bond acceptors (Lipinski definition) is 3. The van der Waals surface area contributed by atoms with Crippen LogP contribution in [-0.4, -0.2) is 32.2 Å². The number of phenolic OH excluding ortho intramolecular Hbond substituents is 1. The van der Waals surface area contributed by atoms with Crippen molar-refractivity contribution in [2.24, 2.45) is 0 Å². The lowest BCUT2D eigenvalue weighted by Crippen LogP contribution is -2.26. The van der Waals surface area contributed by atoms with E-state index >= 15 is 0 Å². The third-order valence-electron chi connectivity index (χ3n) is 3.17. The van der Waals surface area contributed by atoms with Gasteiger partial charge in [-0.15, -0.1) is 0 Å². The minimum atomic E-state index is -0.0824. The number of carbonyl (C=O) groups excluding carboxylic acids is 1.